The molecule has 4 heteroatoms. The topological polar surface area (TPSA) is 29.1 Å². The average Bonchev–Trinajstić information content (AvgIpc) is 2.22. The van der Waals surface area contributed by atoms with Crippen LogP contribution in [0, 0.1) is 12.3 Å². The summed E-state index contributed by atoms with van der Waals surface area (Å²) in [5.41, 5.74) is 0.528. The van der Waals surface area contributed by atoms with Crippen molar-refractivity contribution in [2.75, 3.05) is 6.54 Å². The minimum atomic E-state index is -0.167. The van der Waals surface area contributed by atoms with E-state index in [1.165, 1.54) is 0 Å². The molecular weight excluding hydrogens is 277 g/mol. The summed E-state index contributed by atoms with van der Waals surface area (Å²) in [6.07, 6.45) is 5.59. The zero-order chi connectivity index (χ0) is 11.3. The van der Waals surface area contributed by atoms with Crippen LogP contribution in [-0.4, -0.2) is 12.5 Å². The Bertz CT molecular complexity index is 412. The highest BCUT2D eigenvalue weighted by atomic mass is 79.9. The Balaban J connectivity index is 2.67. The van der Waals surface area contributed by atoms with Crippen molar-refractivity contribution in [3.63, 3.8) is 0 Å². The van der Waals surface area contributed by atoms with Crippen molar-refractivity contribution in [1.82, 2.24) is 5.32 Å². The van der Waals surface area contributed by atoms with Gasteiger partial charge in [-0.3, -0.25) is 4.79 Å². The normalized spacial score (nSPS) is 9.40. The zero-order valence-corrected chi connectivity index (χ0v) is 10.2. The predicted octanol–water partition coefficient (Wildman–Crippen LogP) is 2.86. The Kier molecular flexibility index (Phi) is 4.67. The number of carbonyl (C=O) groups is 1. The summed E-state index contributed by atoms with van der Waals surface area (Å²) in [6.45, 7) is 0.475. The van der Waals surface area contributed by atoms with E-state index in [0.717, 1.165) is 4.47 Å². The lowest BCUT2D eigenvalue weighted by molar-refractivity contribution is 0.0954. The van der Waals surface area contributed by atoms with Crippen molar-refractivity contribution in [1.29, 1.82) is 0 Å². The van der Waals surface area contributed by atoms with Gasteiger partial charge in [0.1, 0.15) is 0 Å². The highest BCUT2D eigenvalue weighted by Crippen LogP contribution is 2.22. The van der Waals surface area contributed by atoms with E-state index in [-0.39, 0.29) is 5.91 Å². The fraction of sp³-hybridized carbons (Fsp3) is 0.182. The zero-order valence-electron chi connectivity index (χ0n) is 7.89. The Morgan fingerprint density at radius 1 is 1.60 bits per heavy atom. The number of hydrogen-bond donors (Lipinski definition) is 1. The van der Waals surface area contributed by atoms with Gasteiger partial charge in [0.15, 0.2) is 0 Å². The van der Waals surface area contributed by atoms with Gasteiger partial charge in [-0.25, -0.2) is 0 Å². The van der Waals surface area contributed by atoms with Crippen molar-refractivity contribution in [2.45, 2.75) is 6.42 Å². The molecule has 0 aromatic heterocycles. The highest BCUT2D eigenvalue weighted by Gasteiger charge is 2.06. The van der Waals surface area contributed by atoms with Gasteiger partial charge in [-0.15, -0.1) is 12.3 Å². The first-order valence-electron chi connectivity index (χ1n) is 4.32. The molecule has 2 nitrogen and oxygen atoms in total. The molecule has 0 unspecified atom stereocenters. The maximum Gasteiger partial charge on any atom is 0.251 e. The molecule has 0 bridgehead atoms. The molecule has 1 N–H and O–H groups in total. The third-order valence-electron chi connectivity index (χ3n) is 1.74. The molecule has 0 saturated carbocycles. The van der Waals surface area contributed by atoms with Crippen LogP contribution in [0.3, 0.4) is 0 Å². The number of hydrogen-bond acceptors (Lipinski definition) is 1. The maximum atomic E-state index is 11.5. The minimum absolute atomic E-state index is 0.167. The van der Waals surface area contributed by atoms with Crippen LogP contribution in [0.1, 0.15) is 16.8 Å². The van der Waals surface area contributed by atoms with Gasteiger partial charge in [0.2, 0.25) is 0 Å². The molecule has 0 radical (unpaired) electrons. The summed E-state index contributed by atoms with van der Waals surface area (Å²) in [6, 6.07) is 5.04. The number of halogens is 2. The second-order valence-corrected chi connectivity index (χ2v) is 4.10. The van der Waals surface area contributed by atoms with Crippen LogP contribution < -0.4 is 5.32 Å². The molecule has 15 heavy (non-hydrogen) atoms. The largest absolute Gasteiger partial charge is 0.351 e. The van der Waals surface area contributed by atoms with Crippen LogP contribution in [0.5, 0.6) is 0 Å². The van der Waals surface area contributed by atoms with Gasteiger partial charge >= 0.3 is 0 Å². The number of amides is 1. The number of benzene rings is 1. The van der Waals surface area contributed by atoms with E-state index in [4.69, 9.17) is 18.0 Å². The van der Waals surface area contributed by atoms with Crippen LogP contribution in [0.2, 0.25) is 5.02 Å². The van der Waals surface area contributed by atoms with Crippen molar-refractivity contribution in [3.05, 3.63) is 33.3 Å². The fourth-order valence-corrected chi connectivity index (χ4v) is 1.41. The van der Waals surface area contributed by atoms with Crippen LogP contribution >= 0.6 is 27.5 Å². The van der Waals surface area contributed by atoms with Gasteiger partial charge in [-0.2, -0.15) is 0 Å². The summed E-state index contributed by atoms with van der Waals surface area (Å²) in [5.74, 6) is 2.28. The molecule has 1 aromatic carbocycles. The molecule has 1 rings (SSSR count). The minimum Gasteiger partial charge on any atom is -0.351 e. The van der Waals surface area contributed by atoms with E-state index in [1.807, 2.05) is 0 Å². The van der Waals surface area contributed by atoms with Gasteiger partial charge < -0.3 is 5.32 Å². The molecular formula is C11H9BrClNO. The van der Waals surface area contributed by atoms with Crippen molar-refractivity contribution < 1.29 is 4.79 Å². The molecule has 0 saturated heterocycles. The molecule has 1 aromatic rings. The Labute approximate surface area is 102 Å². The number of nitrogens with one attached hydrogen (secondary N) is 1. The van der Waals surface area contributed by atoms with Crippen molar-refractivity contribution in [2.24, 2.45) is 0 Å². The monoisotopic (exact) mass is 285 g/mol. The smallest absolute Gasteiger partial charge is 0.251 e. The first kappa shape index (κ1) is 12.1. The second kappa shape index (κ2) is 5.79. The number of terminal acetylenes is 1. The summed E-state index contributed by atoms with van der Waals surface area (Å²) < 4.78 is 0.768. The fourth-order valence-electron chi connectivity index (χ4n) is 0.988. The summed E-state index contributed by atoms with van der Waals surface area (Å²) in [7, 11) is 0. The van der Waals surface area contributed by atoms with Gasteiger partial charge in [-0.1, -0.05) is 11.6 Å². The standard InChI is InChI=1S/C11H9BrClNO/c1-2-3-6-14-11(15)8-4-5-9(12)10(13)7-8/h1,4-5,7H,3,6H2,(H,14,15). The summed E-state index contributed by atoms with van der Waals surface area (Å²) in [5, 5.41) is 3.20. The third kappa shape index (κ3) is 3.58. The Morgan fingerprint density at radius 3 is 2.93 bits per heavy atom. The molecule has 0 aliphatic heterocycles. The van der Waals surface area contributed by atoms with E-state index in [9.17, 15) is 4.79 Å². The molecule has 0 aliphatic rings. The molecule has 0 heterocycles. The predicted molar refractivity (Wildman–Crippen MR) is 64.9 cm³/mol. The van der Waals surface area contributed by atoms with Gasteiger partial charge in [0, 0.05) is 23.0 Å². The van der Waals surface area contributed by atoms with Gasteiger partial charge in [0.05, 0.1) is 5.02 Å². The lowest BCUT2D eigenvalue weighted by Gasteiger charge is -2.04. The number of carbonyl (C=O) groups excluding carboxylic acids is 1. The van der Waals surface area contributed by atoms with E-state index in [0.29, 0.717) is 23.6 Å². The SMILES string of the molecule is C#CCCNC(=O)c1ccc(Br)c(Cl)c1. The average molecular weight is 287 g/mol. The molecule has 78 valence electrons. The Hall–Kier alpha value is -0.980. The van der Waals surface area contributed by atoms with Gasteiger partial charge in [0.25, 0.3) is 5.91 Å². The molecule has 1 amide bonds. The van der Waals surface area contributed by atoms with Crippen molar-refractivity contribution in [3.8, 4) is 12.3 Å². The molecule has 0 atom stereocenters. The first-order valence-corrected chi connectivity index (χ1v) is 5.49. The summed E-state index contributed by atoms with van der Waals surface area (Å²) >= 11 is 9.11. The van der Waals surface area contributed by atoms with E-state index >= 15 is 0 Å². The van der Waals surface area contributed by atoms with Crippen LogP contribution in [0.25, 0.3) is 0 Å². The van der Waals surface area contributed by atoms with E-state index in [2.05, 4.69) is 27.2 Å². The maximum absolute atomic E-state index is 11.5. The molecule has 0 fully saturated rings. The van der Waals surface area contributed by atoms with Crippen LogP contribution in [0.15, 0.2) is 22.7 Å². The second-order valence-electron chi connectivity index (χ2n) is 2.84. The summed E-state index contributed by atoms with van der Waals surface area (Å²) in [4.78, 5) is 11.5. The van der Waals surface area contributed by atoms with E-state index < -0.39 is 0 Å². The number of rotatable bonds is 3. The highest BCUT2D eigenvalue weighted by molar-refractivity contribution is 9.10. The lowest BCUT2D eigenvalue weighted by atomic mass is 10.2. The van der Waals surface area contributed by atoms with Crippen LogP contribution in [-0.2, 0) is 0 Å². The van der Waals surface area contributed by atoms with Crippen LogP contribution in [0.4, 0.5) is 0 Å². The third-order valence-corrected chi connectivity index (χ3v) is 2.97. The van der Waals surface area contributed by atoms with Crippen molar-refractivity contribution >= 4 is 33.4 Å². The molecule has 0 spiro atoms. The molecule has 0 aliphatic carbocycles. The lowest BCUT2D eigenvalue weighted by Crippen LogP contribution is -2.24. The van der Waals surface area contributed by atoms with Gasteiger partial charge in [-0.05, 0) is 34.1 Å². The quantitative estimate of drug-likeness (QED) is 0.672. The Morgan fingerprint density at radius 2 is 2.33 bits per heavy atom. The first-order chi connectivity index (χ1) is 7.15. The van der Waals surface area contributed by atoms with E-state index in [1.54, 1.807) is 18.2 Å².